The largest absolute Gasteiger partial charge is 0.205 e. The zero-order valence-electron chi connectivity index (χ0n) is 5.91. The van der Waals surface area contributed by atoms with Crippen molar-refractivity contribution < 1.29 is 4.39 Å². The van der Waals surface area contributed by atoms with E-state index >= 15 is 0 Å². The van der Waals surface area contributed by atoms with Crippen LogP contribution in [0, 0.1) is 17.1 Å². The normalized spacial score (nSPS) is 10.0. The first-order chi connectivity index (χ1) is 5.83. The topological polar surface area (TPSA) is 36.7 Å². The number of hydrogen-bond donors (Lipinski definition) is 0. The van der Waals surface area contributed by atoms with Crippen molar-refractivity contribution in [2.45, 2.75) is 0 Å². The van der Waals surface area contributed by atoms with Crippen molar-refractivity contribution in [2.24, 2.45) is 0 Å². The van der Waals surface area contributed by atoms with Crippen molar-refractivity contribution in [1.82, 2.24) is 4.37 Å². The third-order valence-electron chi connectivity index (χ3n) is 1.59. The van der Waals surface area contributed by atoms with E-state index in [9.17, 15) is 4.39 Å². The minimum Gasteiger partial charge on any atom is -0.205 e. The van der Waals surface area contributed by atoms with Crippen LogP contribution in [0.1, 0.15) is 5.56 Å². The molecule has 0 aliphatic rings. The Morgan fingerprint density at radius 2 is 2.33 bits per heavy atom. The average Bonchev–Trinajstić information content (AvgIpc) is 2.54. The number of halogens is 1. The van der Waals surface area contributed by atoms with Gasteiger partial charge in [-0.05, 0) is 23.7 Å². The highest BCUT2D eigenvalue weighted by molar-refractivity contribution is 7.13. The molecule has 1 aromatic heterocycles. The summed E-state index contributed by atoms with van der Waals surface area (Å²) in [5.74, 6) is -0.313. The van der Waals surface area contributed by atoms with Gasteiger partial charge in [-0.1, -0.05) is 0 Å². The van der Waals surface area contributed by atoms with Crippen molar-refractivity contribution >= 4 is 21.6 Å². The summed E-state index contributed by atoms with van der Waals surface area (Å²) in [5, 5.41) is 9.25. The van der Waals surface area contributed by atoms with Gasteiger partial charge < -0.3 is 0 Å². The molecule has 1 heterocycles. The van der Waals surface area contributed by atoms with Gasteiger partial charge >= 0.3 is 0 Å². The van der Waals surface area contributed by atoms with Crippen molar-refractivity contribution in [3.63, 3.8) is 0 Å². The summed E-state index contributed by atoms with van der Waals surface area (Å²) >= 11 is 1.07. The van der Waals surface area contributed by atoms with Gasteiger partial charge in [-0.15, -0.1) is 0 Å². The molecule has 0 aliphatic carbocycles. The van der Waals surface area contributed by atoms with Gasteiger partial charge in [-0.3, -0.25) is 0 Å². The van der Waals surface area contributed by atoms with E-state index in [0.29, 0.717) is 15.6 Å². The molecule has 0 saturated carbocycles. The molecule has 2 nitrogen and oxygen atoms in total. The Morgan fingerprint density at radius 3 is 3.08 bits per heavy atom. The first kappa shape index (κ1) is 7.19. The van der Waals surface area contributed by atoms with Crippen LogP contribution in [0.5, 0.6) is 0 Å². The standard InChI is InChI=1S/C8H3FN2S/c9-7-2-1-5(3-10)6-4-11-12-8(6)7/h1-2,4H. The van der Waals surface area contributed by atoms with Gasteiger partial charge in [-0.2, -0.15) is 9.64 Å². The molecule has 2 aromatic rings. The molecule has 0 spiro atoms. The van der Waals surface area contributed by atoms with Crippen molar-refractivity contribution in [2.75, 3.05) is 0 Å². The maximum Gasteiger partial charge on any atom is 0.142 e. The lowest BCUT2D eigenvalue weighted by Gasteiger charge is -1.91. The van der Waals surface area contributed by atoms with E-state index < -0.39 is 0 Å². The van der Waals surface area contributed by atoms with Gasteiger partial charge in [0.1, 0.15) is 5.82 Å². The Kier molecular flexibility index (Phi) is 1.52. The highest BCUT2D eigenvalue weighted by Gasteiger charge is 2.06. The monoisotopic (exact) mass is 178 g/mol. The first-order valence-corrected chi connectivity index (χ1v) is 4.03. The molecular formula is C8H3FN2S. The molecule has 58 valence electrons. The van der Waals surface area contributed by atoms with Crippen molar-refractivity contribution in [1.29, 1.82) is 5.26 Å². The number of nitriles is 1. The molecule has 0 saturated heterocycles. The number of rotatable bonds is 0. The van der Waals surface area contributed by atoms with Crippen LogP contribution in [0.4, 0.5) is 4.39 Å². The fraction of sp³-hybridized carbons (Fsp3) is 0. The van der Waals surface area contributed by atoms with Crippen LogP contribution in [0.2, 0.25) is 0 Å². The van der Waals surface area contributed by atoms with Crippen LogP contribution >= 0.6 is 11.5 Å². The molecule has 0 unspecified atom stereocenters. The second-order valence-electron chi connectivity index (χ2n) is 2.28. The van der Waals surface area contributed by atoms with Crippen LogP contribution in [-0.4, -0.2) is 4.37 Å². The molecule has 12 heavy (non-hydrogen) atoms. The number of aromatic nitrogens is 1. The highest BCUT2D eigenvalue weighted by atomic mass is 32.1. The maximum atomic E-state index is 13.0. The molecule has 0 fully saturated rings. The van der Waals surface area contributed by atoms with Crippen LogP contribution < -0.4 is 0 Å². The molecule has 2 rings (SSSR count). The highest BCUT2D eigenvalue weighted by Crippen LogP contribution is 2.24. The Bertz CT molecular complexity index is 469. The lowest BCUT2D eigenvalue weighted by molar-refractivity contribution is 0.641. The summed E-state index contributed by atoms with van der Waals surface area (Å²) < 4.78 is 17.3. The molecule has 0 amide bonds. The van der Waals surface area contributed by atoms with Crippen molar-refractivity contribution in [3.8, 4) is 6.07 Å². The zero-order valence-corrected chi connectivity index (χ0v) is 6.73. The SMILES string of the molecule is N#Cc1ccc(F)c2sncc12. The molecule has 4 heteroatoms. The second-order valence-corrected chi connectivity index (χ2v) is 3.08. The van der Waals surface area contributed by atoms with E-state index in [2.05, 4.69) is 4.37 Å². The summed E-state index contributed by atoms with van der Waals surface area (Å²) in [5.41, 5.74) is 0.472. The third kappa shape index (κ3) is 0.874. The van der Waals surface area contributed by atoms with Crippen LogP contribution in [0.3, 0.4) is 0 Å². The van der Waals surface area contributed by atoms with E-state index in [1.807, 2.05) is 6.07 Å². The summed E-state index contributed by atoms with van der Waals surface area (Å²) in [6.45, 7) is 0. The smallest absolute Gasteiger partial charge is 0.142 e. The predicted molar refractivity (Wildman–Crippen MR) is 44.3 cm³/mol. The van der Waals surface area contributed by atoms with E-state index in [4.69, 9.17) is 5.26 Å². The molecule has 1 aromatic carbocycles. The molecule has 0 bridgehead atoms. The van der Waals surface area contributed by atoms with Gasteiger partial charge in [0.05, 0.1) is 16.3 Å². The Balaban J connectivity index is 2.94. The lowest BCUT2D eigenvalue weighted by Crippen LogP contribution is -1.78. The summed E-state index contributed by atoms with van der Waals surface area (Å²) in [7, 11) is 0. The van der Waals surface area contributed by atoms with Gasteiger partial charge in [-0.25, -0.2) is 4.39 Å². The van der Waals surface area contributed by atoms with Crippen LogP contribution in [0.25, 0.3) is 10.1 Å². The minimum absolute atomic E-state index is 0.313. The van der Waals surface area contributed by atoms with Crippen molar-refractivity contribution in [3.05, 3.63) is 29.7 Å². The van der Waals surface area contributed by atoms with E-state index in [1.165, 1.54) is 18.3 Å². The lowest BCUT2D eigenvalue weighted by atomic mass is 10.1. The summed E-state index contributed by atoms with van der Waals surface area (Å²) in [4.78, 5) is 0. The van der Waals surface area contributed by atoms with Gasteiger partial charge in [0.25, 0.3) is 0 Å². The quantitative estimate of drug-likeness (QED) is 0.620. The van der Waals surface area contributed by atoms with E-state index in [-0.39, 0.29) is 5.82 Å². The summed E-state index contributed by atoms with van der Waals surface area (Å²) in [6.07, 6.45) is 1.52. The number of fused-ring (bicyclic) bond motifs is 1. The first-order valence-electron chi connectivity index (χ1n) is 3.26. The number of nitrogens with zero attached hydrogens (tertiary/aromatic N) is 2. The zero-order chi connectivity index (χ0) is 8.55. The Hall–Kier alpha value is -1.47. The van der Waals surface area contributed by atoms with Gasteiger partial charge in [0.15, 0.2) is 0 Å². The Morgan fingerprint density at radius 1 is 1.50 bits per heavy atom. The van der Waals surface area contributed by atoms with E-state index in [1.54, 1.807) is 0 Å². The number of hydrogen-bond acceptors (Lipinski definition) is 3. The number of benzene rings is 1. The minimum atomic E-state index is -0.313. The maximum absolute atomic E-state index is 13.0. The Labute approximate surface area is 72.0 Å². The third-order valence-corrected chi connectivity index (χ3v) is 2.40. The fourth-order valence-corrected chi connectivity index (χ4v) is 1.70. The molecule has 0 N–H and O–H groups in total. The second kappa shape index (κ2) is 2.54. The molecule has 0 aliphatic heterocycles. The van der Waals surface area contributed by atoms with Gasteiger partial charge in [0.2, 0.25) is 0 Å². The van der Waals surface area contributed by atoms with Crippen LogP contribution in [0.15, 0.2) is 18.3 Å². The summed E-state index contributed by atoms with van der Waals surface area (Å²) in [6, 6.07) is 4.74. The molecular weight excluding hydrogens is 175 g/mol. The predicted octanol–water partition coefficient (Wildman–Crippen LogP) is 2.31. The molecule has 0 atom stereocenters. The van der Waals surface area contributed by atoms with E-state index in [0.717, 1.165) is 11.5 Å². The van der Waals surface area contributed by atoms with Gasteiger partial charge in [0, 0.05) is 11.6 Å². The average molecular weight is 178 g/mol. The van der Waals surface area contributed by atoms with Crippen LogP contribution in [-0.2, 0) is 0 Å². The molecule has 0 radical (unpaired) electrons. The fourth-order valence-electron chi connectivity index (χ4n) is 1.02.